The van der Waals surface area contributed by atoms with Crippen LogP contribution in [0.1, 0.15) is 16.7 Å². The first-order valence-corrected chi connectivity index (χ1v) is 6.51. The summed E-state index contributed by atoms with van der Waals surface area (Å²) >= 11 is 0. The number of nitrogens with zero attached hydrogens (tertiary/aromatic N) is 1. The smallest absolute Gasteiger partial charge is 0.237 e. The zero-order valence-corrected chi connectivity index (χ0v) is 11.3. The molecule has 1 saturated heterocycles. The van der Waals surface area contributed by atoms with Gasteiger partial charge in [0.15, 0.2) is 0 Å². The molecule has 4 N–H and O–H groups in total. The van der Waals surface area contributed by atoms with E-state index in [0.29, 0.717) is 26.3 Å². The normalized spacial score (nSPS) is 20.4. The van der Waals surface area contributed by atoms with Crippen LogP contribution >= 0.6 is 0 Å². The average Bonchev–Trinajstić information content (AvgIpc) is 2.41. The van der Waals surface area contributed by atoms with Crippen LogP contribution in [0.3, 0.4) is 0 Å². The van der Waals surface area contributed by atoms with Gasteiger partial charge in [0.2, 0.25) is 5.91 Å². The summed E-state index contributed by atoms with van der Waals surface area (Å²) in [5, 5.41) is 0. The van der Waals surface area contributed by atoms with E-state index in [2.05, 4.69) is 24.0 Å². The maximum atomic E-state index is 11.4. The maximum absolute atomic E-state index is 11.4. The zero-order valence-electron chi connectivity index (χ0n) is 11.3. The van der Waals surface area contributed by atoms with E-state index in [1.807, 2.05) is 6.07 Å². The fourth-order valence-electron chi connectivity index (χ4n) is 2.37. The third-order valence-corrected chi connectivity index (χ3v) is 3.58. The van der Waals surface area contributed by atoms with E-state index in [-0.39, 0.29) is 11.9 Å². The van der Waals surface area contributed by atoms with Gasteiger partial charge >= 0.3 is 0 Å². The highest BCUT2D eigenvalue weighted by atomic mass is 16.5. The topological polar surface area (TPSA) is 81.6 Å². The molecular weight excluding hydrogens is 242 g/mol. The van der Waals surface area contributed by atoms with Crippen molar-refractivity contribution in [3.05, 3.63) is 34.9 Å². The molecule has 1 aliphatic heterocycles. The molecule has 19 heavy (non-hydrogen) atoms. The predicted octanol–water partition coefficient (Wildman–Crippen LogP) is 0.140. The van der Waals surface area contributed by atoms with Crippen LogP contribution in [0.5, 0.6) is 0 Å². The lowest BCUT2D eigenvalue weighted by atomic mass is 10.0. The summed E-state index contributed by atoms with van der Waals surface area (Å²) in [6.07, 6.45) is 0. The van der Waals surface area contributed by atoms with Crippen molar-refractivity contribution in [3.8, 4) is 0 Å². The molecule has 0 radical (unpaired) electrons. The highest BCUT2D eigenvalue weighted by Gasteiger charge is 2.27. The number of primary amides is 1. The van der Waals surface area contributed by atoms with Crippen LogP contribution < -0.4 is 11.5 Å². The van der Waals surface area contributed by atoms with Gasteiger partial charge in [0.1, 0.15) is 6.04 Å². The second-order valence-corrected chi connectivity index (χ2v) is 4.93. The summed E-state index contributed by atoms with van der Waals surface area (Å²) in [6, 6.07) is 5.87. The Morgan fingerprint density at radius 1 is 1.53 bits per heavy atom. The molecule has 1 atom stereocenters. The number of ether oxygens (including phenoxy) is 1. The van der Waals surface area contributed by atoms with Gasteiger partial charge in [-0.1, -0.05) is 18.2 Å². The van der Waals surface area contributed by atoms with Crippen molar-refractivity contribution in [2.75, 3.05) is 19.8 Å². The number of rotatable bonds is 4. The Hall–Kier alpha value is -1.43. The molecule has 2 rings (SSSR count). The summed E-state index contributed by atoms with van der Waals surface area (Å²) in [6.45, 7) is 5.08. The molecule has 1 amide bonds. The van der Waals surface area contributed by atoms with Crippen molar-refractivity contribution >= 4 is 5.91 Å². The van der Waals surface area contributed by atoms with Crippen LogP contribution in [0, 0.1) is 6.92 Å². The summed E-state index contributed by atoms with van der Waals surface area (Å²) < 4.78 is 5.32. The van der Waals surface area contributed by atoms with E-state index in [1.54, 1.807) is 0 Å². The van der Waals surface area contributed by atoms with Gasteiger partial charge in [0, 0.05) is 19.6 Å². The number of morpholine rings is 1. The van der Waals surface area contributed by atoms with E-state index in [1.165, 1.54) is 11.1 Å². The van der Waals surface area contributed by atoms with Crippen molar-refractivity contribution in [2.45, 2.75) is 26.1 Å². The number of amides is 1. The van der Waals surface area contributed by atoms with Crippen LogP contribution in [-0.4, -0.2) is 36.6 Å². The number of hydrogen-bond donors (Lipinski definition) is 2. The standard InChI is InChI=1S/C14H21N3O2/c1-10-6-11(7-15)2-3-12(10)8-17-4-5-19-9-13(17)14(16)18/h2-3,6,13H,4-5,7-9,15H2,1H3,(H2,16,18). The van der Waals surface area contributed by atoms with Crippen molar-refractivity contribution in [3.63, 3.8) is 0 Å². The third kappa shape index (κ3) is 3.32. The minimum atomic E-state index is -0.331. The van der Waals surface area contributed by atoms with E-state index in [9.17, 15) is 4.79 Å². The largest absolute Gasteiger partial charge is 0.378 e. The Bertz CT molecular complexity index is 462. The van der Waals surface area contributed by atoms with E-state index in [0.717, 1.165) is 12.1 Å². The molecule has 0 aromatic heterocycles. The van der Waals surface area contributed by atoms with Crippen LogP contribution in [-0.2, 0) is 22.6 Å². The molecular formula is C14H21N3O2. The first-order chi connectivity index (χ1) is 9.11. The lowest BCUT2D eigenvalue weighted by molar-refractivity contribution is -0.129. The van der Waals surface area contributed by atoms with E-state index < -0.39 is 0 Å². The van der Waals surface area contributed by atoms with Crippen molar-refractivity contribution in [1.29, 1.82) is 0 Å². The van der Waals surface area contributed by atoms with Crippen molar-refractivity contribution in [2.24, 2.45) is 11.5 Å². The van der Waals surface area contributed by atoms with Crippen molar-refractivity contribution in [1.82, 2.24) is 4.90 Å². The van der Waals surface area contributed by atoms with Crippen LogP contribution in [0.2, 0.25) is 0 Å². The molecule has 0 bridgehead atoms. The fourth-order valence-corrected chi connectivity index (χ4v) is 2.37. The number of hydrogen-bond acceptors (Lipinski definition) is 4. The Labute approximate surface area is 113 Å². The lowest BCUT2D eigenvalue weighted by Gasteiger charge is -2.33. The SMILES string of the molecule is Cc1cc(CN)ccc1CN1CCOCC1C(N)=O. The quantitative estimate of drug-likeness (QED) is 0.809. The summed E-state index contributed by atoms with van der Waals surface area (Å²) in [4.78, 5) is 13.5. The number of carbonyl (C=O) groups is 1. The number of benzene rings is 1. The minimum Gasteiger partial charge on any atom is -0.378 e. The Balaban J connectivity index is 2.12. The average molecular weight is 263 g/mol. The minimum absolute atomic E-state index is 0.323. The van der Waals surface area contributed by atoms with E-state index in [4.69, 9.17) is 16.2 Å². The maximum Gasteiger partial charge on any atom is 0.237 e. The number of aryl methyl sites for hydroxylation is 1. The Kier molecular flexibility index (Phi) is 4.52. The molecule has 1 aromatic rings. The molecule has 1 aromatic carbocycles. The van der Waals surface area contributed by atoms with Gasteiger partial charge in [0.05, 0.1) is 13.2 Å². The summed E-state index contributed by atoms with van der Waals surface area (Å²) in [5.74, 6) is -0.323. The highest BCUT2D eigenvalue weighted by molar-refractivity contribution is 5.80. The van der Waals surface area contributed by atoms with Crippen LogP contribution in [0.15, 0.2) is 18.2 Å². The van der Waals surface area contributed by atoms with Crippen LogP contribution in [0.4, 0.5) is 0 Å². The number of nitrogens with two attached hydrogens (primary N) is 2. The lowest BCUT2D eigenvalue weighted by Crippen LogP contribution is -2.51. The van der Waals surface area contributed by atoms with Crippen molar-refractivity contribution < 1.29 is 9.53 Å². The van der Waals surface area contributed by atoms with Gasteiger partial charge in [-0.05, 0) is 23.6 Å². The molecule has 1 aliphatic rings. The van der Waals surface area contributed by atoms with Gasteiger partial charge in [0.25, 0.3) is 0 Å². The van der Waals surface area contributed by atoms with E-state index >= 15 is 0 Å². The monoisotopic (exact) mass is 263 g/mol. The molecule has 0 saturated carbocycles. The molecule has 0 aliphatic carbocycles. The summed E-state index contributed by atoms with van der Waals surface area (Å²) in [5.41, 5.74) is 14.6. The molecule has 5 nitrogen and oxygen atoms in total. The Morgan fingerprint density at radius 2 is 2.32 bits per heavy atom. The first-order valence-electron chi connectivity index (χ1n) is 6.51. The molecule has 1 unspecified atom stereocenters. The molecule has 104 valence electrons. The van der Waals surface area contributed by atoms with Gasteiger partial charge in [-0.15, -0.1) is 0 Å². The van der Waals surface area contributed by atoms with Gasteiger partial charge in [-0.3, -0.25) is 9.69 Å². The molecule has 5 heteroatoms. The Morgan fingerprint density at radius 3 is 2.95 bits per heavy atom. The van der Waals surface area contributed by atoms with Gasteiger partial charge in [-0.25, -0.2) is 0 Å². The number of carbonyl (C=O) groups excluding carboxylic acids is 1. The molecule has 1 heterocycles. The predicted molar refractivity (Wildman–Crippen MR) is 73.3 cm³/mol. The first kappa shape index (κ1) is 14.0. The van der Waals surface area contributed by atoms with Gasteiger partial charge < -0.3 is 16.2 Å². The third-order valence-electron chi connectivity index (χ3n) is 3.58. The van der Waals surface area contributed by atoms with Crippen LogP contribution in [0.25, 0.3) is 0 Å². The molecule has 1 fully saturated rings. The zero-order chi connectivity index (χ0) is 13.8. The fraction of sp³-hybridized carbons (Fsp3) is 0.500. The molecule has 0 spiro atoms. The second-order valence-electron chi connectivity index (χ2n) is 4.93. The van der Waals surface area contributed by atoms with Gasteiger partial charge in [-0.2, -0.15) is 0 Å². The second kappa shape index (κ2) is 6.14. The highest BCUT2D eigenvalue weighted by Crippen LogP contribution is 2.16. The summed E-state index contributed by atoms with van der Waals surface area (Å²) in [7, 11) is 0.